The van der Waals surface area contributed by atoms with Gasteiger partial charge >= 0.3 is 0 Å². The van der Waals surface area contributed by atoms with Gasteiger partial charge in [-0.1, -0.05) is 29.8 Å². The molecule has 5 heteroatoms. The SMILES string of the molecule is Cc1ccc(NC(=O)Cc2ccc([N+](=O)[O-])cc2)cc1. The number of hydrogen-bond acceptors (Lipinski definition) is 3. The topological polar surface area (TPSA) is 72.2 Å². The Labute approximate surface area is 116 Å². The first-order valence-electron chi connectivity index (χ1n) is 6.14. The lowest BCUT2D eigenvalue weighted by atomic mass is 10.1. The fourth-order valence-corrected chi connectivity index (χ4v) is 1.76. The minimum Gasteiger partial charge on any atom is -0.326 e. The number of non-ortho nitro benzene ring substituents is 1. The van der Waals surface area contributed by atoms with E-state index in [1.807, 2.05) is 31.2 Å². The molecule has 0 aromatic heterocycles. The van der Waals surface area contributed by atoms with Crippen molar-refractivity contribution in [1.82, 2.24) is 0 Å². The van der Waals surface area contributed by atoms with Crippen LogP contribution in [0, 0.1) is 17.0 Å². The molecule has 0 aliphatic rings. The lowest BCUT2D eigenvalue weighted by Crippen LogP contribution is -2.14. The van der Waals surface area contributed by atoms with Crippen LogP contribution in [-0.2, 0) is 11.2 Å². The van der Waals surface area contributed by atoms with Crippen LogP contribution < -0.4 is 5.32 Å². The Morgan fingerprint density at radius 2 is 1.70 bits per heavy atom. The molecule has 0 bridgehead atoms. The van der Waals surface area contributed by atoms with E-state index < -0.39 is 4.92 Å². The number of nitro benzene ring substituents is 1. The van der Waals surface area contributed by atoms with Gasteiger partial charge < -0.3 is 5.32 Å². The van der Waals surface area contributed by atoms with Crippen LogP contribution in [0.3, 0.4) is 0 Å². The lowest BCUT2D eigenvalue weighted by Gasteiger charge is -2.05. The fourth-order valence-electron chi connectivity index (χ4n) is 1.76. The number of nitrogens with one attached hydrogen (secondary N) is 1. The van der Waals surface area contributed by atoms with E-state index in [0.717, 1.165) is 16.8 Å². The molecule has 5 nitrogen and oxygen atoms in total. The van der Waals surface area contributed by atoms with E-state index in [2.05, 4.69) is 5.32 Å². The number of rotatable bonds is 4. The number of hydrogen-bond donors (Lipinski definition) is 1. The second-order valence-corrected chi connectivity index (χ2v) is 4.51. The van der Waals surface area contributed by atoms with Gasteiger partial charge in [-0.15, -0.1) is 0 Å². The predicted octanol–water partition coefficient (Wildman–Crippen LogP) is 3.08. The standard InChI is InChI=1S/C15H14N2O3/c1-11-2-6-13(7-3-11)16-15(18)10-12-4-8-14(9-5-12)17(19)20/h2-9H,10H2,1H3,(H,16,18). The smallest absolute Gasteiger partial charge is 0.269 e. The Hall–Kier alpha value is -2.69. The number of benzene rings is 2. The average Bonchev–Trinajstić information content (AvgIpc) is 2.42. The molecule has 2 aromatic rings. The van der Waals surface area contributed by atoms with E-state index in [1.54, 1.807) is 12.1 Å². The van der Waals surface area contributed by atoms with Gasteiger partial charge in [0.05, 0.1) is 11.3 Å². The molecule has 0 saturated carbocycles. The average molecular weight is 270 g/mol. The first kappa shape index (κ1) is 13.7. The molecule has 20 heavy (non-hydrogen) atoms. The summed E-state index contributed by atoms with van der Waals surface area (Å²) in [5, 5.41) is 13.3. The first-order valence-corrected chi connectivity index (χ1v) is 6.14. The molecule has 2 rings (SSSR count). The molecule has 0 radical (unpaired) electrons. The summed E-state index contributed by atoms with van der Waals surface area (Å²) < 4.78 is 0. The maximum Gasteiger partial charge on any atom is 0.269 e. The zero-order chi connectivity index (χ0) is 14.5. The van der Waals surface area contributed by atoms with Crippen molar-refractivity contribution >= 4 is 17.3 Å². The molecule has 0 saturated heterocycles. The number of aryl methyl sites for hydroxylation is 1. The molecule has 0 heterocycles. The van der Waals surface area contributed by atoms with Crippen LogP contribution in [0.25, 0.3) is 0 Å². The zero-order valence-electron chi connectivity index (χ0n) is 11.0. The second kappa shape index (κ2) is 5.97. The molecule has 0 spiro atoms. The van der Waals surface area contributed by atoms with Crippen molar-refractivity contribution in [2.75, 3.05) is 5.32 Å². The van der Waals surface area contributed by atoms with Gasteiger partial charge in [-0.25, -0.2) is 0 Å². The normalized spacial score (nSPS) is 10.1. The van der Waals surface area contributed by atoms with Gasteiger partial charge in [0.1, 0.15) is 0 Å². The number of carbonyl (C=O) groups is 1. The van der Waals surface area contributed by atoms with Crippen LogP contribution in [0.15, 0.2) is 48.5 Å². The summed E-state index contributed by atoms with van der Waals surface area (Å²) in [5.74, 6) is -0.150. The summed E-state index contributed by atoms with van der Waals surface area (Å²) in [4.78, 5) is 21.9. The molecule has 102 valence electrons. The monoisotopic (exact) mass is 270 g/mol. The number of amides is 1. The highest BCUT2D eigenvalue weighted by Crippen LogP contribution is 2.13. The fraction of sp³-hybridized carbons (Fsp3) is 0.133. The summed E-state index contributed by atoms with van der Waals surface area (Å²) >= 11 is 0. The van der Waals surface area contributed by atoms with Gasteiger partial charge in [0.15, 0.2) is 0 Å². The van der Waals surface area contributed by atoms with Crippen LogP contribution in [0.1, 0.15) is 11.1 Å². The third kappa shape index (κ3) is 3.65. The highest BCUT2D eigenvalue weighted by atomic mass is 16.6. The third-order valence-corrected chi connectivity index (χ3v) is 2.85. The summed E-state index contributed by atoms with van der Waals surface area (Å²) in [6.45, 7) is 1.97. The molecule has 0 aliphatic heterocycles. The number of nitrogens with zero attached hydrogens (tertiary/aromatic N) is 1. The van der Waals surface area contributed by atoms with Crippen molar-refractivity contribution in [2.24, 2.45) is 0 Å². The highest BCUT2D eigenvalue weighted by Gasteiger charge is 2.07. The van der Waals surface area contributed by atoms with Gasteiger partial charge in [0.25, 0.3) is 5.69 Å². The molecule has 1 amide bonds. The second-order valence-electron chi connectivity index (χ2n) is 4.51. The Morgan fingerprint density at radius 1 is 1.10 bits per heavy atom. The largest absolute Gasteiger partial charge is 0.326 e. The van der Waals surface area contributed by atoms with Crippen molar-refractivity contribution in [3.8, 4) is 0 Å². The maximum absolute atomic E-state index is 11.8. The van der Waals surface area contributed by atoms with Gasteiger partial charge in [0, 0.05) is 17.8 Å². The predicted molar refractivity (Wildman–Crippen MR) is 76.6 cm³/mol. The van der Waals surface area contributed by atoms with Crippen LogP contribution in [0.2, 0.25) is 0 Å². The van der Waals surface area contributed by atoms with Crippen LogP contribution in [0.4, 0.5) is 11.4 Å². The number of anilines is 1. The minimum absolute atomic E-state index is 0.0210. The highest BCUT2D eigenvalue weighted by molar-refractivity contribution is 5.92. The van der Waals surface area contributed by atoms with E-state index in [-0.39, 0.29) is 18.0 Å². The summed E-state index contributed by atoms with van der Waals surface area (Å²) in [6, 6.07) is 13.5. The van der Waals surface area contributed by atoms with Crippen molar-refractivity contribution in [3.63, 3.8) is 0 Å². The van der Waals surface area contributed by atoms with Crippen molar-refractivity contribution in [3.05, 3.63) is 69.8 Å². The van der Waals surface area contributed by atoms with Gasteiger partial charge in [-0.3, -0.25) is 14.9 Å². The maximum atomic E-state index is 11.8. The van der Waals surface area contributed by atoms with Crippen molar-refractivity contribution in [2.45, 2.75) is 13.3 Å². The number of nitro groups is 1. The van der Waals surface area contributed by atoms with E-state index in [1.165, 1.54) is 12.1 Å². The summed E-state index contributed by atoms with van der Waals surface area (Å²) in [6.07, 6.45) is 0.186. The molecule has 0 aliphatic carbocycles. The third-order valence-electron chi connectivity index (χ3n) is 2.85. The quantitative estimate of drug-likeness (QED) is 0.685. The van der Waals surface area contributed by atoms with Crippen molar-refractivity contribution < 1.29 is 9.72 Å². The Balaban J connectivity index is 1.97. The molecular formula is C15H14N2O3. The lowest BCUT2D eigenvalue weighted by molar-refractivity contribution is -0.384. The minimum atomic E-state index is -0.462. The Kier molecular flexibility index (Phi) is 4.10. The van der Waals surface area contributed by atoms with Crippen LogP contribution >= 0.6 is 0 Å². The van der Waals surface area contributed by atoms with Gasteiger partial charge in [-0.2, -0.15) is 0 Å². The van der Waals surface area contributed by atoms with E-state index in [0.29, 0.717) is 0 Å². The van der Waals surface area contributed by atoms with Gasteiger partial charge in [-0.05, 0) is 24.6 Å². The molecule has 0 fully saturated rings. The van der Waals surface area contributed by atoms with Gasteiger partial charge in [0.2, 0.25) is 5.91 Å². The van der Waals surface area contributed by atoms with Crippen LogP contribution in [-0.4, -0.2) is 10.8 Å². The summed E-state index contributed by atoms with van der Waals surface area (Å²) in [5.41, 5.74) is 2.62. The Morgan fingerprint density at radius 3 is 2.25 bits per heavy atom. The summed E-state index contributed by atoms with van der Waals surface area (Å²) in [7, 11) is 0. The first-order chi connectivity index (χ1) is 9.54. The molecule has 1 N–H and O–H groups in total. The van der Waals surface area contributed by atoms with Crippen LogP contribution in [0.5, 0.6) is 0 Å². The number of carbonyl (C=O) groups excluding carboxylic acids is 1. The molecule has 0 unspecified atom stereocenters. The van der Waals surface area contributed by atoms with E-state index >= 15 is 0 Å². The van der Waals surface area contributed by atoms with E-state index in [4.69, 9.17) is 0 Å². The zero-order valence-corrected chi connectivity index (χ0v) is 11.0. The molecule has 2 aromatic carbocycles. The Bertz CT molecular complexity index is 619. The molecular weight excluding hydrogens is 256 g/mol. The van der Waals surface area contributed by atoms with Crippen molar-refractivity contribution in [1.29, 1.82) is 0 Å². The molecule has 0 atom stereocenters. The van der Waals surface area contributed by atoms with E-state index in [9.17, 15) is 14.9 Å².